The molecule has 1 aliphatic rings. The van der Waals surface area contributed by atoms with Gasteiger partial charge < -0.3 is 15.2 Å². The first-order chi connectivity index (χ1) is 8.19. The molecular formula is C12H20N4O. The molecule has 1 fully saturated rings. The average Bonchev–Trinajstić information content (AvgIpc) is 2.81. The van der Waals surface area contributed by atoms with Crippen molar-refractivity contribution < 1.29 is 0 Å². The van der Waals surface area contributed by atoms with Gasteiger partial charge in [0.15, 0.2) is 0 Å². The molecule has 17 heavy (non-hydrogen) atoms. The zero-order valence-electron chi connectivity index (χ0n) is 10.5. The summed E-state index contributed by atoms with van der Waals surface area (Å²) in [6.07, 6.45) is 3.19. The lowest BCUT2D eigenvalue weighted by Gasteiger charge is -2.22. The van der Waals surface area contributed by atoms with E-state index in [4.69, 9.17) is 0 Å². The van der Waals surface area contributed by atoms with Gasteiger partial charge in [-0.2, -0.15) is 0 Å². The van der Waals surface area contributed by atoms with Crippen LogP contribution in [-0.4, -0.2) is 36.1 Å². The highest BCUT2D eigenvalue weighted by Crippen LogP contribution is 2.11. The van der Waals surface area contributed by atoms with Crippen LogP contribution in [0.4, 0.5) is 5.82 Å². The van der Waals surface area contributed by atoms with E-state index < -0.39 is 0 Å². The summed E-state index contributed by atoms with van der Waals surface area (Å²) < 4.78 is 0. The molecule has 0 spiro atoms. The van der Waals surface area contributed by atoms with Crippen molar-refractivity contribution in [3.05, 3.63) is 22.2 Å². The summed E-state index contributed by atoms with van der Waals surface area (Å²) in [5, 5.41) is 3.45. The predicted octanol–water partition coefficient (Wildman–Crippen LogP) is 0.520. The highest BCUT2D eigenvalue weighted by atomic mass is 16.1. The normalized spacial score (nSPS) is 19.5. The summed E-state index contributed by atoms with van der Waals surface area (Å²) >= 11 is 0. The van der Waals surface area contributed by atoms with Gasteiger partial charge in [-0.25, -0.2) is 4.98 Å². The van der Waals surface area contributed by atoms with Crippen molar-refractivity contribution in [1.29, 1.82) is 0 Å². The molecule has 0 aromatic carbocycles. The van der Waals surface area contributed by atoms with Crippen molar-refractivity contribution in [2.24, 2.45) is 0 Å². The van der Waals surface area contributed by atoms with Crippen molar-refractivity contribution >= 4 is 5.82 Å². The minimum atomic E-state index is -0.0712. The van der Waals surface area contributed by atoms with E-state index in [1.54, 1.807) is 6.07 Å². The Hall–Kier alpha value is -1.36. The minimum absolute atomic E-state index is 0.0712. The maximum absolute atomic E-state index is 11.5. The van der Waals surface area contributed by atoms with Gasteiger partial charge in [0.25, 0.3) is 5.56 Å². The van der Waals surface area contributed by atoms with Crippen LogP contribution in [-0.2, 0) is 6.42 Å². The highest BCUT2D eigenvalue weighted by molar-refractivity contribution is 5.36. The molecular weight excluding hydrogens is 216 g/mol. The number of nitrogens with zero attached hydrogens (tertiary/aromatic N) is 2. The first-order valence-corrected chi connectivity index (χ1v) is 6.24. The fourth-order valence-corrected chi connectivity index (χ4v) is 2.19. The van der Waals surface area contributed by atoms with Crippen LogP contribution in [0, 0.1) is 0 Å². The number of aromatic nitrogens is 2. The zero-order valence-corrected chi connectivity index (χ0v) is 10.5. The number of aromatic amines is 1. The number of H-pyrrole nitrogens is 1. The summed E-state index contributed by atoms with van der Waals surface area (Å²) in [7, 11) is 1.99. The smallest absolute Gasteiger partial charge is 0.252 e. The van der Waals surface area contributed by atoms with Crippen molar-refractivity contribution in [3.8, 4) is 0 Å². The molecule has 5 heteroatoms. The quantitative estimate of drug-likeness (QED) is 0.800. The molecule has 0 aliphatic carbocycles. The third kappa shape index (κ3) is 3.06. The third-order valence-corrected chi connectivity index (χ3v) is 3.16. The van der Waals surface area contributed by atoms with Crippen molar-refractivity contribution in [2.75, 3.05) is 25.0 Å². The number of nitrogens with one attached hydrogen (secondary N) is 2. The standard InChI is InChI=1S/C12H20N4O/c1-3-10-14-11(7-12(17)15-10)16(2)8-9-5-4-6-13-9/h7,9,13H,3-6,8H2,1-2H3,(H,14,15,17). The van der Waals surface area contributed by atoms with Crippen LogP contribution in [0.25, 0.3) is 0 Å². The van der Waals surface area contributed by atoms with E-state index in [0.717, 1.165) is 31.2 Å². The van der Waals surface area contributed by atoms with Crippen LogP contribution in [0.15, 0.2) is 10.9 Å². The van der Waals surface area contributed by atoms with E-state index in [1.807, 2.05) is 14.0 Å². The Kier molecular flexibility index (Phi) is 3.78. The van der Waals surface area contributed by atoms with Gasteiger partial charge in [0.2, 0.25) is 0 Å². The number of hydrogen-bond acceptors (Lipinski definition) is 4. The van der Waals surface area contributed by atoms with Crippen LogP contribution in [0.5, 0.6) is 0 Å². The second kappa shape index (κ2) is 5.31. The van der Waals surface area contributed by atoms with E-state index in [0.29, 0.717) is 6.04 Å². The van der Waals surface area contributed by atoms with Gasteiger partial charge >= 0.3 is 0 Å². The number of aryl methyl sites for hydroxylation is 1. The number of likely N-dealkylation sites (N-methyl/N-ethyl adjacent to an activating group) is 1. The first kappa shape index (κ1) is 12.1. The monoisotopic (exact) mass is 236 g/mol. The minimum Gasteiger partial charge on any atom is -0.358 e. The third-order valence-electron chi connectivity index (χ3n) is 3.16. The molecule has 2 rings (SSSR count). The maximum atomic E-state index is 11.5. The summed E-state index contributed by atoms with van der Waals surface area (Å²) in [6, 6.07) is 2.08. The van der Waals surface area contributed by atoms with Gasteiger partial charge in [-0.3, -0.25) is 4.79 Å². The fourth-order valence-electron chi connectivity index (χ4n) is 2.19. The Morgan fingerprint density at radius 1 is 1.59 bits per heavy atom. The van der Waals surface area contributed by atoms with E-state index in [2.05, 4.69) is 20.2 Å². The second-order valence-corrected chi connectivity index (χ2v) is 4.58. The molecule has 5 nitrogen and oxygen atoms in total. The lowest BCUT2D eigenvalue weighted by atomic mass is 10.2. The zero-order chi connectivity index (χ0) is 12.3. The number of anilines is 1. The molecule has 0 saturated carbocycles. The summed E-state index contributed by atoms with van der Waals surface area (Å²) in [5.41, 5.74) is -0.0712. The van der Waals surface area contributed by atoms with Gasteiger partial charge in [0, 0.05) is 32.1 Å². The Balaban J connectivity index is 2.09. The second-order valence-electron chi connectivity index (χ2n) is 4.58. The van der Waals surface area contributed by atoms with Crippen LogP contribution in [0.3, 0.4) is 0 Å². The van der Waals surface area contributed by atoms with Crippen LogP contribution in [0.1, 0.15) is 25.6 Å². The average molecular weight is 236 g/mol. The molecule has 1 atom stereocenters. The maximum Gasteiger partial charge on any atom is 0.252 e. The van der Waals surface area contributed by atoms with Crippen molar-refractivity contribution in [1.82, 2.24) is 15.3 Å². The Bertz CT molecular complexity index is 423. The SMILES string of the molecule is CCc1nc(N(C)CC2CCCN2)cc(=O)[nH]1. The van der Waals surface area contributed by atoms with Crippen molar-refractivity contribution in [2.45, 2.75) is 32.2 Å². The lowest BCUT2D eigenvalue weighted by Crippen LogP contribution is -2.36. The molecule has 2 heterocycles. The molecule has 1 aliphatic heterocycles. The molecule has 0 amide bonds. The van der Waals surface area contributed by atoms with Gasteiger partial charge in [-0.1, -0.05) is 6.92 Å². The molecule has 1 unspecified atom stereocenters. The topological polar surface area (TPSA) is 61.0 Å². The van der Waals surface area contributed by atoms with Crippen molar-refractivity contribution in [3.63, 3.8) is 0 Å². The Morgan fingerprint density at radius 2 is 2.41 bits per heavy atom. The Morgan fingerprint density at radius 3 is 3.06 bits per heavy atom. The van der Waals surface area contributed by atoms with Gasteiger partial charge in [-0.05, 0) is 19.4 Å². The Labute approximate surface area is 101 Å². The van der Waals surface area contributed by atoms with Gasteiger partial charge in [-0.15, -0.1) is 0 Å². The van der Waals surface area contributed by atoms with E-state index in [-0.39, 0.29) is 5.56 Å². The molecule has 1 aromatic heterocycles. The van der Waals surface area contributed by atoms with Crippen LogP contribution in [0.2, 0.25) is 0 Å². The molecule has 1 saturated heterocycles. The van der Waals surface area contributed by atoms with Crippen LogP contribution >= 0.6 is 0 Å². The molecule has 0 radical (unpaired) electrons. The van der Waals surface area contributed by atoms with E-state index >= 15 is 0 Å². The summed E-state index contributed by atoms with van der Waals surface area (Å²) in [6.45, 7) is 3.99. The molecule has 1 aromatic rings. The first-order valence-electron chi connectivity index (χ1n) is 6.24. The predicted molar refractivity (Wildman–Crippen MR) is 68.5 cm³/mol. The fraction of sp³-hybridized carbons (Fsp3) is 0.667. The van der Waals surface area contributed by atoms with Gasteiger partial charge in [0.05, 0.1) is 0 Å². The summed E-state index contributed by atoms with van der Waals surface area (Å²) in [5.74, 6) is 1.51. The highest BCUT2D eigenvalue weighted by Gasteiger charge is 2.17. The lowest BCUT2D eigenvalue weighted by molar-refractivity contribution is 0.596. The van der Waals surface area contributed by atoms with Crippen LogP contribution < -0.4 is 15.8 Å². The van der Waals surface area contributed by atoms with E-state index in [9.17, 15) is 4.79 Å². The number of hydrogen-bond donors (Lipinski definition) is 2. The molecule has 2 N–H and O–H groups in total. The molecule has 94 valence electrons. The summed E-state index contributed by atoms with van der Waals surface area (Å²) in [4.78, 5) is 20.7. The van der Waals surface area contributed by atoms with Gasteiger partial charge in [0.1, 0.15) is 11.6 Å². The largest absolute Gasteiger partial charge is 0.358 e. The molecule has 0 bridgehead atoms. The number of rotatable bonds is 4. The van der Waals surface area contributed by atoms with E-state index in [1.165, 1.54) is 12.8 Å².